The van der Waals surface area contributed by atoms with Gasteiger partial charge in [-0.15, -0.1) is 0 Å². The van der Waals surface area contributed by atoms with E-state index in [2.05, 4.69) is 13.8 Å². The van der Waals surface area contributed by atoms with Crippen molar-refractivity contribution in [1.29, 1.82) is 0 Å². The van der Waals surface area contributed by atoms with Crippen molar-refractivity contribution in [3.63, 3.8) is 0 Å². The van der Waals surface area contributed by atoms with Gasteiger partial charge < -0.3 is 9.30 Å². The smallest absolute Gasteiger partial charge is 0.233 e. The number of hydrogen-bond donors (Lipinski definition) is 0. The van der Waals surface area contributed by atoms with Gasteiger partial charge >= 0.3 is 0 Å². The molecule has 0 saturated carbocycles. The van der Waals surface area contributed by atoms with Crippen molar-refractivity contribution in [2.45, 2.75) is 32.9 Å². The monoisotopic (exact) mass is 334 g/mol. The first-order chi connectivity index (χ1) is 11.1. The Kier molecular flexibility index (Phi) is 4.71. The Labute approximate surface area is 140 Å². The molecule has 2 aromatic rings. The largest absolute Gasteiger partial charge is 0.474 e. The summed E-state index contributed by atoms with van der Waals surface area (Å²) in [6, 6.07) is 8.62. The first-order valence-electron chi connectivity index (χ1n) is 7.88. The standard InChI is InChI=1S/C18H20ClFN2O/c1-3-12(2)16-11-23-18(21-16)17-5-4-8-22(17)10-13-6-7-14(20)9-15(13)19/h4-9,12,16H,3,10-11H2,1-2H3/t12-,16+/m0/s1. The molecule has 1 aromatic carbocycles. The van der Waals surface area contributed by atoms with Crippen LogP contribution in [0.15, 0.2) is 41.5 Å². The number of rotatable bonds is 5. The Bertz CT molecular complexity index is 726. The maximum absolute atomic E-state index is 13.2. The Morgan fingerprint density at radius 3 is 3.00 bits per heavy atom. The SMILES string of the molecule is CC[C@H](C)[C@H]1COC(c2cccn2Cc2ccc(F)cc2Cl)=N1. The lowest BCUT2D eigenvalue weighted by molar-refractivity contribution is 0.281. The lowest BCUT2D eigenvalue weighted by Gasteiger charge is -2.11. The van der Waals surface area contributed by atoms with Gasteiger partial charge in [0.2, 0.25) is 5.90 Å². The normalized spacial score (nSPS) is 18.6. The molecule has 1 aromatic heterocycles. The Morgan fingerprint density at radius 1 is 1.43 bits per heavy atom. The Balaban J connectivity index is 1.83. The molecule has 23 heavy (non-hydrogen) atoms. The van der Waals surface area contributed by atoms with Crippen molar-refractivity contribution in [3.05, 3.63) is 58.6 Å². The predicted octanol–water partition coefficient (Wildman–Crippen LogP) is 4.52. The van der Waals surface area contributed by atoms with Crippen LogP contribution in [0.25, 0.3) is 0 Å². The van der Waals surface area contributed by atoms with Gasteiger partial charge in [0.1, 0.15) is 18.1 Å². The number of aliphatic imine (C=N–C) groups is 1. The fraction of sp³-hybridized carbons (Fsp3) is 0.389. The lowest BCUT2D eigenvalue weighted by atomic mass is 10.0. The van der Waals surface area contributed by atoms with Crippen LogP contribution in [0, 0.1) is 11.7 Å². The van der Waals surface area contributed by atoms with Gasteiger partial charge in [0.15, 0.2) is 0 Å². The second-order valence-electron chi connectivity index (χ2n) is 5.96. The van der Waals surface area contributed by atoms with Crippen LogP contribution in [0.4, 0.5) is 4.39 Å². The topological polar surface area (TPSA) is 26.5 Å². The minimum Gasteiger partial charge on any atom is -0.474 e. The van der Waals surface area contributed by atoms with Crippen LogP contribution in [-0.2, 0) is 11.3 Å². The number of benzene rings is 1. The van der Waals surface area contributed by atoms with Crippen molar-refractivity contribution >= 4 is 17.5 Å². The molecule has 0 amide bonds. The first-order valence-corrected chi connectivity index (χ1v) is 8.26. The molecule has 3 nitrogen and oxygen atoms in total. The second-order valence-corrected chi connectivity index (χ2v) is 6.36. The highest BCUT2D eigenvalue weighted by atomic mass is 35.5. The highest BCUT2D eigenvalue weighted by molar-refractivity contribution is 6.31. The van der Waals surface area contributed by atoms with Gasteiger partial charge in [-0.05, 0) is 35.7 Å². The number of halogens is 2. The van der Waals surface area contributed by atoms with E-state index < -0.39 is 0 Å². The Morgan fingerprint density at radius 2 is 2.26 bits per heavy atom. The second kappa shape index (κ2) is 6.75. The van der Waals surface area contributed by atoms with Crippen LogP contribution in [0.5, 0.6) is 0 Å². The summed E-state index contributed by atoms with van der Waals surface area (Å²) >= 11 is 6.13. The summed E-state index contributed by atoms with van der Waals surface area (Å²) in [4.78, 5) is 4.72. The molecular formula is C18H20ClFN2O. The van der Waals surface area contributed by atoms with E-state index >= 15 is 0 Å². The molecule has 2 atom stereocenters. The summed E-state index contributed by atoms with van der Waals surface area (Å²) in [5.41, 5.74) is 1.79. The van der Waals surface area contributed by atoms with Crippen LogP contribution in [0.1, 0.15) is 31.5 Å². The van der Waals surface area contributed by atoms with Crippen LogP contribution in [-0.4, -0.2) is 23.1 Å². The van der Waals surface area contributed by atoms with Crippen molar-refractivity contribution in [1.82, 2.24) is 4.57 Å². The summed E-state index contributed by atoms with van der Waals surface area (Å²) in [5.74, 6) is 0.854. The zero-order chi connectivity index (χ0) is 16.4. The van der Waals surface area contributed by atoms with Crippen LogP contribution in [0.2, 0.25) is 5.02 Å². The number of hydrogen-bond acceptors (Lipinski definition) is 2. The molecule has 0 bridgehead atoms. The molecule has 0 spiro atoms. The molecule has 0 unspecified atom stereocenters. The third kappa shape index (κ3) is 3.42. The summed E-state index contributed by atoms with van der Waals surface area (Å²) in [6.07, 6.45) is 3.04. The van der Waals surface area contributed by atoms with Gasteiger partial charge in [0.25, 0.3) is 0 Å². The molecule has 1 aliphatic rings. The van der Waals surface area contributed by atoms with E-state index in [1.54, 1.807) is 6.07 Å². The van der Waals surface area contributed by atoms with Gasteiger partial charge in [-0.25, -0.2) is 9.38 Å². The van der Waals surface area contributed by atoms with E-state index in [1.807, 2.05) is 22.9 Å². The van der Waals surface area contributed by atoms with Crippen molar-refractivity contribution in [3.8, 4) is 0 Å². The molecule has 5 heteroatoms. The van der Waals surface area contributed by atoms with Crippen LogP contribution in [0.3, 0.4) is 0 Å². The lowest BCUT2D eigenvalue weighted by Crippen LogP contribution is -2.16. The molecule has 0 fully saturated rings. The molecular weight excluding hydrogens is 315 g/mol. The maximum atomic E-state index is 13.2. The van der Waals surface area contributed by atoms with E-state index in [0.29, 0.717) is 30.0 Å². The van der Waals surface area contributed by atoms with E-state index in [4.69, 9.17) is 21.3 Å². The molecule has 2 heterocycles. The molecule has 1 aliphatic heterocycles. The van der Waals surface area contributed by atoms with Crippen molar-refractivity contribution in [2.24, 2.45) is 10.9 Å². The highest BCUT2D eigenvalue weighted by Crippen LogP contribution is 2.23. The summed E-state index contributed by atoms with van der Waals surface area (Å²) < 4.78 is 21.0. The molecule has 0 aliphatic carbocycles. The van der Waals surface area contributed by atoms with E-state index in [9.17, 15) is 4.39 Å². The van der Waals surface area contributed by atoms with Gasteiger partial charge in [0, 0.05) is 17.8 Å². The zero-order valence-corrected chi connectivity index (χ0v) is 14.1. The number of ether oxygens (including phenoxy) is 1. The first kappa shape index (κ1) is 16.1. The number of nitrogens with zero attached hydrogens (tertiary/aromatic N) is 2. The molecule has 0 N–H and O–H groups in total. The van der Waals surface area contributed by atoms with Gasteiger partial charge in [-0.2, -0.15) is 0 Å². The fourth-order valence-corrected chi connectivity index (χ4v) is 2.90. The molecule has 0 saturated heterocycles. The van der Waals surface area contributed by atoms with Gasteiger partial charge in [0.05, 0.1) is 6.04 Å². The zero-order valence-electron chi connectivity index (χ0n) is 13.3. The third-order valence-corrected chi connectivity index (χ3v) is 4.73. The summed E-state index contributed by atoms with van der Waals surface area (Å²) in [6.45, 7) is 5.54. The molecule has 122 valence electrons. The summed E-state index contributed by atoms with van der Waals surface area (Å²) in [7, 11) is 0. The van der Waals surface area contributed by atoms with E-state index in [-0.39, 0.29) is 11.9 Å². The Hall–Kier alpha value is -1.81. The molecule has 0 radical (unpaired) electrons. The van der Waals surface area contributed by atoms with Crippen LogP contribution < -0.4 is 0 Å². The average molecular weight is 335 g/mol. The highest BCUT2D eigenvalue weighted by Gasteiger charge is 2.25. The van der Waals surface area contributed by atoms with E-state index in [0.717, 1.165) is 17.7 Å². The quantitative estimate of drug-likeness (QED) is 0.789. The predicted molar refractivity (Wildman–Crippen MR) is 90.7 cm³/mol. The maximum Gasteiger partial charge on any atom is 0.233 e. The minimum atomic E-state index is -0.327. The fourth-order valence-electron chi connectivity index (χ4n) is 2.67. The van der Waals surface area contributed by atoms with Crippen LogP contribution >= 0.6 is 11.6 Å². The average Bonchev–Trinajstić information content (AvgIpc) is 3.18. The molecule has 3 rings (SSSR count). The van der Waals surface area contributed by atoms with Gasteiger partial charge in [-0.3, -0.25) is 0 Å². The van der Waals surface area contributed by atoms with E-state index in [1.165, 1.54) is 12.1 Å². The minimum absolute atomic E-state index is 0.216. The summed E-state index contributed by atoms with van der Waals surface area (Å²) in [5, 5.41) is 0.427. The third-order valence-electron chi connectivity index (χ3n) is 4.38. The van der Waals surface area contributed by atoms with Crippen molar-refractivity contribution < 1.29 is 9.13 Å². The van der Waals surface area contributed by atoms with Gasteiger partial charge in [-0.1, -0.05) is 37.9 Å². The number of aromatic nitrogens is 1. The van der Waals surface area contributed by atoms with Crippen molar-refractivity contribution in [2.75, 3.05) is 6.61 Å².